The smallest absolute Gasteiger partial charge is 0.227 e. The van der Waals surface area contributed by atoms with Gasteiger partial charge >= 0.3 is 0 Å². The number of anilines is 1. The minimum atomic E-state index is -0.865. The summed E-state index contributed by atoms with van der Waals surface area (Å²) < 4.78 is 29.7. The van der Waals surface area contributed by atoms with Crippen LogP contribution in [0.2, 0.25) is 0 Å². The molecule has 8 nitrogen and oxygen atoms in total. The quantitative estimate of drug-likeness (QED) is 0.602. The van der Waals surface area contributed by atoms with E-state index in [-0.39, 0.29) is 0 Å². The Hall–Kier alpha value is -3.01. The molecule has 3 heterocycles. The van der Waals surface area contributed by atoms with Crippen LogP contribution in [-0.4, -0.2) is 70.5 Å². The molecule has 1 aliphatic carbocycles. The molecule has 2 aromatic heterocycles. The fourth-order valence-electron chi connectivity index (χ4n) is 3.80. The summed E-state index contributed by atoms with van der Waals surface area (Å²) >= 11 is 0. The Bertz CT molecular complexity index is 1170. The molecule has 2 aliphatic rings. The lowest BCUT2D eigenvalue weighted by atomic mass is 10.1. The largest absolute Gasteiger partial charge is 0.492 e. The van der Waals surface area contributed by atoms with E-state index in [2.05, 4.69) is 39.4 Å². The van der Waals surface area contributed by atoms with Gasteiger partial charge < -0.3 is 19.2 Å². The summed E-state index contributed by atoms with van der Waals surface area (Å²) in [6.45, 7) is 4.99. The van der Waals surface area contributed by atoms with Crippen molar-refractivity contribution in [3.05, 3.63) is 77.6 Å². The Morgan fingerprint density at radius 2 is 2.14 bits per heavy atom. The van der Waals surface area contributed by atoms with Crippen molar-refractivity contribution in [1.29, 1.82) is 0 Å². The summed E-state index contributed by atoms with van der Waals surface area (Å²) in [7, 11) is 1.21. The Morgan fingerprint density at radius 1 is 1.22 bits per heavy atom. The summed E-state index contributed by atoms with van der Waals surface area (Å²) in [5.74, 6) is 4.01. The Kier molecular flexibility index (Phi) is 9.66. The lowest BCUT2D eigenvalue weighted by molar-refractivity contribution is 0.161. The van der Waals surface area contributed by atoms with Crippen molar-refractivity contribution in [2.24, 2.45) is 0 Å². The van der Waals surface area contributed by atoms with Crippen LogP contribution in [0, 0.1) is 0 Å². The highest BCUT2D eigenvalue weighted by Crippen LogP contribution is 2.24. The molecule has 0 saturated heterocycles. The molecule has 1 N–H and O–H groups in total. The van der Waals surface area contributed by atoms with E-state index in [0.717, 1.165) is 35.9 Å². The van der Waals surface area contributed by atoms with E-state index in [1.165, 1.54) is 0 Å². The van der Waals surface area contributed by atoms with Crippen LogP contribution in [0.15, 0.2) is 76.2 Å². The zero-order valence-electron chi connectivity index (χ0n) is 20.9. The van der Waals surface area contributed by atoms with Crippen molar-refractivity contribution in [3.8, 4) is 11.5 Å². The number of hydrogen-bond acceptors (Lipinski definition) is 8. The van der Waals surface area contributed by atoms with Gasteiger partial charge in [0, 0.05) is 60.0 Å². The number of furan rings is 1. The van der Waals surface area contributed by atoms with Gasteiger partial charge in [-0.2, -0.15) is 0 Å². The van der Waals surface area contributed by atoms with E-state index in [4.69, 9.17) is 13.9 Å². The van der Waals surface area contributed by atoms with Crippen LogP contribution in [0.5, 0.6) is 0 Å². The van der Waals surface area contributed by atoms with Crippen molar-refractivity contribution < 1.29 is 18.1 Å². The third-order valence-electron chi connectivity index (χ3n) is 5.78. The maximum Gasteiger partial charge on any atom is 0.227 e. The normalized spacial score (nSPS) is 19.2. The standard InChI is InChI=1S/C27H34N4O4S/c1-3-36(32)19-18-34-25-10-8-22-7-6-21(25)20-31(2)15-4-5-16-33-17-13-23-9-11-26(35-23)24-12-14-28-27(29-22)30-24/h4-6,8-12,14H,3,7,13,15-20H2,1-2H3,(H,28,29,30)/b5-4+. The number of aromatic nitrogens is 2. The first-order chi connectivity index (χ1) is 17.6. The van der Waals surface area contributed by atoms with Gasteiger partial charge in [0.25, 0.3) is 0 Å². The molecule has 6 bridgehead atoms. The summed E-state index contributed by atoms with van der Waals surface area (Å²) in [4.78, 5) is 11.3. The van der Waals surface area contributed by atoms with Crippen molar-refractivity contribution in [2.75, 3.05) is 56.8 Å². The highest BCUT2D eigenvalue weighted by Gasteiger charge is 2.14. The fourth-order valence-corrected chi connectivity index (χ4v) is 4.36. The minimum absolute atomic E-state index is 0.414. The van der Waals surface area contributed by atoms with Crippen molar-refractivity contribution >= 4 is 16.7 Å². The van der Waals surface area contributed by atoms with Crippen molar-refractivity contribution in [1.82, 2.24) is 14.9 Å². The van der Waals surface area contributed by atoms with Gasteiger partial charge in [-0.3, -0.25) is 9.11 Å². The molecule has 1 unspecified atom stereocenters. The lowest BCUT2D eigenvalue weighted by Crippen LogP contribution is -2.23. The first-order valence-electron chi connectivity index (χ1n) is 12.3. The Balaban J connectivity index is 1.58. The first-order valence-corrected chi connectivity index (χ1v) is 13.8. The van der Waals surface area contributed by atoms with Gasteiger partial charge in [-0.15, -0.1) is 0 Å². The molecule has 1 atom stereocenters. The molecule has 36 heavy (non-hydrogen) atoms. The number of nitrogens with one attached hydrogen (secondary N) is 1. The van der Waals surface area contributed by atoms with Crippen LogP contribution in [0.25, 0.3) is 11.5 Å². The number of nitrogens with zero attached hydrogens (tertiary/aromatic N) is 3. The number of fused-ring (bicyclic) bond motifs is 7. The second-order valence-electron chi connectivity index (χ2n) is 8.59. The molecule has 2 aromatic rings. The van der Waals surface area contributed by atoms with Crippen LogP contribution in [0.1, 0.15) is 19.1 Å². The van der Waals surface area contributed by atoms with Gasteiger partial charge in [0.15, 0.2) is 5.76 Å². The first kappa shape index (κ1) is 26.1. The molecule has 1 aliphatic heterocycles. The third kappa shape index (κ3) is 7.74. The predicted octanol–water partition coefficient (Wildman–Crippen LogP) is 4.09. The van der Waals surface area contributed by atoms with Gasteiger partial charge in [0.05, 0.1) is 25.6 Å². The van der Waals surface area contributed by atoms with Crippen LogP contribution < -0.4 is 5.32 Å². The molecule has 0 radical (unpaired) electrons. The van der Waals surface area contributed by atoms with E-state index in [9.17, 15) is 4.21 Å². The molecule has 0 saturated carbocycles. The number of allylic oxidation sites excluding steroid dienone is 3. The maximum absolute atomic E-state index is 11.9. The Labute approximate surface area is 215 Å². The molecule has 192 valence electrons. The summed E-state index contributed by atoms with van der Waals surface area (Å²) in [5, 5.41) is 3.34. The monoisotopic (exact) mass is 510 g/mol. The topological polar surface area (TPSA) is 89.7 Å². The molecular formula is C27H34N4O4S. The van der Waals surface area contributed by atoms with Crippen LogP contribution >= 0.6 is 0 Å². The number of hydrogen-bond donors (Lipinski definition) is 1. The Morgan fingerprint density at radius 3 is 3.03 bits per heavy atom. The number of rotatable bonds is 5. The highest BCUT2D eigenvalue weighted by atomic mass is 32.2. The third-order valence-corrected chi connectivity index (χ3v) is 7.05. The van der Waals surface area contributed by atoms with E-state index >= 15 is 0 Å². The second-order valence-corrected chi connectivity index (χ2v) is 10.5. The number of likely N-dealkylation sites (N-methyl/N-ethyl adjacent to an activating group) is 1. The van der Waals surface area contributed by atoms with Gasteiger partial charge in [-0.25, -0.2) is 9.97 Å². The number of ether oxygens (including phenoxy) is 2. The van der Waals surface area contributed by atoms with E-state index in [1.54, 1.807) is 6.20 Å². The zero-order valence-corrected chi connectivity index (χ0v) is 21.8. The van der Waals surface area contributed by atoms with Gasteiger partial charge in [-0.1, -0.05) is 25.2 Å². The second kappa shape index (κ2) is 13.3. The lowest BCUT2D eigenvalue weighted by Gasteiger charge is -2.19. The minimum Gasteiger partial charge on any atom is -0.492 e. The molecule has 0 aromatic carbocycles. The van der Waals surface area contributed by atoms with E-state index in [0.29, 0.717) is 61.6 Å². The van der Waals surface area contributed by atoms with Crippen LogP contribution in [0.3, 0.4) is 0 Å². The average molecular weight is 511 g/mol. The SMILES string of the molecule is CCS(=O)CCOC1=CC=C2CC=C1CN(C)C/C=C/COCCc1ccc(o1)-c1ccnc(n1)N2. The highest BCUT2D eigenvalue weighted by molar-refractivity contribution is 7.84. The van der Waals surface area contributed by atoms with E-state index in [1.807, 2.05) is 43.4 Å². The predicted molar refractivity (Wildman–Crippen MR) is 143 cm³/mol. The van der Waals surface area contributed by atoms with Crippen LogP contribution in [-0.2, 0) is 26.7 Å². The molecule has 9 heteroatoms. The van der Waals surface area contributed by atoms with Gasteiger partial charge in [-0.05, 0) is 37.4 Å². The van der Waals surface area contributed by atoms with Crippen molar-refractivity contribution in [3.63, 3.8) is 0 Å². The van der Waals surface area contributed by atoms with E-state index < -0.39 is 10.8 Å². The summed E-state index contributed by atoms with van der Waals surface area (Å²) in [6.07, 6.45) is 13.4. The molecule has 0 spiro atoms. The van der Waals surface area contributed by atoms with Gasteiger partial charge in [0.2, 0.25) is 5.95 Å². The van der Waals surface area contributed by atoms with Gasteiger partial charge in [0.1, 0.15) is 17.2 Å². The molecular weight excluding hydrogens is 476 g/mol. The van der Waals surface area contributed by atoms with Crippen molar-refractivity contribution in [2.45, 2.75) is 19.8 Å². The molecule has 0 amide bonds. The maximum atomic E-state index is 11.9. The summed E-state index contributed by atoms with van der Waals surface area (Å²) in [5.41, 5.74) is 2.76. The summed E-state index contributed by atoms with van der Waals surface area (Å²) in [6, 6.07) is 5.73. The molecule has 0 fully saturated rings. The van der Waals surface area contributed by atoms with Crippen LogP contribution in [0.4, 0.5) is 5.95 Å². The average Bonchev–Trinajstić information content (AvgIpc) is 3.28. The fraction of sp³-hybridized carbons (Fsp3) is 0.407. The zero-order chi connectivity index (χ0) is 25.2. The molecule has 4 rings (SSSR count).